The Morgan fingerprint density at radius 3 is 2.75 bits per heavy atom. The van der Waals surface area contributed by atoms with E-state index >= 15 is 0 Å². The Labute approximate surface area is 156 Å². The van der Waals surface area contributed by atoms with Crippen LogP contribution >= 0.6 is 28.3 Å². The number of carbonyl (C=O) groups is 1. The van der Waals surface area contributed by atoms with Gasteiger partial charge in [-0.15, -0.1) is 12.4 Å². The monoisotopic (exact) mass is 412 g/mol. The number of nitrogens with zero attached hydrogens (tertiary/aromatic N) is 1. The van der Waals surface area contributed by atoms with E-state index in [1.165, 1.54) is 5.56 Å². The Morgan fingerprint density at radius 1 is 1.33 bits per heavy atom. The Hall–Kier alpha value is -1.37. The highest BCUT2D eigenvalue weighted by molar-refractivity contribution is 9.10. The largest absolute Gasteiger partial charge is 0.350 e. The zero-order chi connectivity index (χ0) is 16.4. The number of carbonyl (C=O) groups excluding carboxylic acids is 1. The molecule has 1 aliphatic heterocycles. The van der Waals surface area contributed by atoms with Crippen molar-refractivity contribution in [1.29, 1.82) is 0 Å². The van der Waals surface area contributed by atoms with Gasteiger partial charge in [0.1, 0.15) is 0 Å². The number of amides is 1. The first kappa shape index (κ1) is 19.0. The number of H-pyrrole nitrogens is 1. The van der Waals surface area contributed by atoms with Gasteiger partial charge in [0.2, 0.25) is 0 Å². The summed E-state index contributed by atoms with van der Waals surface area (Å²) in [6.07, 6.45) is 0.889. The molecule has 0 unspecified atom stereocenters. The SMILES string of the molecule is CC(C)(CNC(=O)c1n[nH]c2c1CNCC2)c1ccc(Br)cc1.Cl. The summed E-state index contributed by atoms with van der Waals surface area (Å²) in [6, 6.07) is 8.20. The normalized spacial score (nSPS) is 13.8. The summed E-state index contributed by atoms with van der Waals surface area (Å²) < 4.78 is 1.05. The molecule has 7 heteroatoms. The third kappa shape index (κ3) is 3.99. The van der Waals surface area contributed by atoms with Crippen molar-refractivity contribution in [3.63, 3.8) is 0 Å². The maximum absolute atomic E-state index is 12.5. The lowest BCUT2D eigenvalue weighted by Crippen LogP contribution is -2.37. The van der Waals surface area contributed by atoms with Gasteiger partial charge in [-0.3, -0.25) is 9.89 Å². The predicted octanol–water partition coefficient (Wildman–Crippen LogP) is 2.95. The van der Waals surface area contributed by atoms with E-state index < -0.39 is 0 Å². The smallest absolute Gasteiger partial charge is 0.272 e. The van der Waals surface area contributed by atoms with Gasteiger partial charge in [-0.25, -0.2) is 0 Å². The average Bonchev–Trinajstić information content (AvgIpc) is 2.97. The molecule has 130 valence electrons. The minimum absolute atomic E-state index is 0. The van der Waals surface area contributed by atoms with Gasteiger partial charge in [0.15, 0.2) is 5.69 Å². The van der Waals surface area contributed by atoms with Gasteiger partial charge in [0, 0.05) is 47.2 Å². The number of fused-ring (bicyclic) bond motifs is 1. The molecule has 0 bridgehead atoms. The van der Waals surface area contributed by atoms with Crippen LogP contribution in [0.25, 0.3) is 0 Å². The molecule has 0 saturated carbocycles. The van der Waals surface area contributed by atoms with Crippen LogP contribution in [0.4, 0.5) is 0 Å². The molecule has 1 aliphatic rings. The van der Waals surface area contributed by atoms with E-state index in [1.54, 1.807) is 0 Å². The minimum Gasteiger partial charge on any atom is -0.350 e. The summed E-state index contributed by atoms with van der Waals surface area (Å²) in [7, 11) is 0. The molecule has 1 aromatic carbocycles. The molecular weight excluding hydrogens is 392 g/mol. The average molecular weight is 414 g/mol. The number of rotatable bonds is 4. The van der Waals surface area contributed by atoms with Crippen LogP contribution in [-0.2, 0) is 18.4 Å². The van der Waals surface area contributed by atoms with E-state index in [1.807, 2.05) is 12.1 Å². The number of aromatic nitrogens is 2. The first-order valence-corrected chi connectivity index (χ1v) is 8.58. The molecule has 2 aromatic rings. The third-order valence-electron chi connectivity index (χ3n) is 4.34. The molecule has 24 heavy (non-hydrogen) atoms. The van der Waals surface area contributed by atoms with E-state index in [-0.39, 0.29) is 23.7 Å². The second-order valence-electron chi connectivity index (χ2n) is 6.53. The maximum atomic E-state index is 12.5. The lowest BCUT2D eigenvalue weighted by Gasteiger charge is -2.25. The molecule has 0 fully saturated rings. The molecule has 0 aliphatic carbocycles. The van der Waals surface area contributed by atoms with E-state index in [0.29, 0.717) is 18.8 Å². The second kappa shape index (κ2) is 7.68. The van der Waals surface area contributed by atoms with Crippen molar-refractivity contribution in [3.8, 4) is 0 Å². The molecule has 1 aromatic heterocycles. The Balaban J connectivity index is 0.00000208. The van der Waals surface area contributed by atoms with Gasteiger partial charge < -0.3 is 10.6 Å². The van der Waals surface area contributed by atoms with Gasteiger partial charge in [-0.2, -0.15) is 5.10 Å². The van der Waals surface area contributed by atoms with E-state index in [2.05, 4.69) is 62.7 Å². The Kier molecular flexibility index (Phi) is 6.06. The van der Waals surface area contributed by atoms with Crippen molar-refractivity contribution in [2.24, 2.45) is 0 Å². The van der Waals surface area contributed by atoms with E-state index in [4.69, 9.17) is 0 Å². The van der Waals surface area contributed by atoms with Crippen molar-refractivity contribution in [2.75, 3.05) is 13.1 Å². The standard InChI is InChI=1S/C17H21BrN4O.ClH/c1-17(2,11-3-5-12(18)6-4-11)10-20-16(23)15-13-9-19-8-7-14(13)21-22-15;/h3-6,19H,7-10H2,1-2H3,(H,20,23)(H,21,22);1H. The predicted molar refractivity (Wildman–Crippen MR) is 101 cm³/mol. The molecule has 5 nitrogen and oxygen atoms in total. The molecule has 0 saturated heterocycles. The van der Waals surface area contributed by atoms with E-state index in [9.17, 15) is 4.79 Å². The van der Waals surface area contributed by atoms with Gasteiger partial charge in [-0.05, 0) is 17.7 Å². The fraction of sp³-hybridized carbons (Fsp3) is 0.412. The number of aromatic amines is 1. The van der Waals surface area contributed by atoms with Crippen LogP contribution < -0.4 is 10.6 Å². The van der Waals surface area contributed by atoms with Crippen molar-refractivity contribution in [2.45, 2.75) is 32.2 Å². The van der Waals surface area contributed by atoms with Crippen LogP contribution in [0.15, 0.2) is 28.7 Å². The molecule has 0 atom stereocenters. The Bertz CT molecular complexity index is 712. The highest BCUT2D eigenvalue weighted by atomic mass is 79.9. The van der Waals surface area contributed by atoms with Crippen LogP contribution in [0.1, 0.15) is 41.2 Å². The van der Waals surface area contributed by atoms with Gasteiger partial charge >= 0.3 is 0 Å². The number of benzene rings is 1. The van der Waals surface area contributed by atoms with Crippen LogP contribution in [0.5, 0.6) is 0 Å². The molecule has 1 amide bonds. The summed E-state index contributed by atoms with van der Waals surface area (Å²) in [4.78, 5) is 12.5. The highest BCUT2D eigenvalue weighted by Crippen LogP contribution is 2.24. The van der Waals surface area contributed by atoms with Crippen molar-refractivity contribution in [3.05, 3.63) is 51.3 Å². The second-order valence-corrected chi connectivity index (χ2v) is 7.45. The first-order chi connectivity index (χ1) is 11.0. The van der Waals surface area contributed by atoms with Gasteiger partial charge in [0.05, 0.1) is 0 Å². The zero-order valence-electron chi connectivity index (χ0n) is 13.8. The lowest BCUT2D eigenvalue weighted by atomic mass is 9.84. The molecule has 3 rings (SSSR count). The summed E-state index contributed by atoms with van der Waals surface area (Å²) in [5.74, 6) is -0.114. The van der Waals surface area contributed by atoms with Crippen molar-refractivity contribution >= 4 is 34.2 Å². The van der Waals surface area contributed by atoms with Crippen LogP contribution in [0.2, 0.25) is 0 Å². The zero-order valence-corrected chi connectivity index (χ0v) is 16.2. The fourth-order valence-electron chi connectivity index (χ4n) is 2.80. The number of halogens is 2. The quantitative estimate of drug-likeness (QED) is 0.722. The number of hydrogen-bond acceptors (Lipinski definition) is 3. The molecule has 0 radical (unpaired) electrons. The number of hydrogen-bond donors (Lipinski definition) is 3. The summed E-state index contributed by atoms with van der Waals surface area (Å²) in [5.41, 5.74) is 3.62. The van der Waals surface area contributed by atoms with Gasteiger partial charge in [0.25, 0.3) is 5.91 Å². The summed E-state index contributed by atoms with van der Waals surface area (Å²) in [5, 5.41) is 13.5. The molecule has 3 N–H and O–H groups in total. The lowest BCUT2D eigenvalue weighted by molar-refractivity contribution is 0.0939. The summed E-state index contributed by atoms with van der Waals surface area (Å²) >= 11 is 3.45. The summed E-state index contributed by atoms with van der Waals surface area (Å²) in [6.45, 7) is 6.43. The molecular formula is C17H22BrClN4O. The fourth-order valence-corrected chi connectivity index (χ4v) is 3.07. The van der Waals surface area contributed by atoms with Crippen molar-refractivity contribution < 1.29 is 4.79 Å². The molecule has 2 heterocycles. The van der Waals surface area contributed by atoms with E-state index in [0.717, 1.165) is 28.7 Å². The minimum atomic E-state index is -0.148. The number of nitrogens with one attached hydrogen (secondary N) is 3. The Morgan fingerprint density at radius 2 is 2.04 bits per heavy atom. The molecule has 0 spiro atoms. The van der Waals surface area contributed by atoms with Crippen LogP contribution in [-0.4, -0.2) is 29.2 Å². The first-order valence-electron chi connectivity index (χ1n) is 7.78. The van der Waals surface area contributed by atoms with Crippen molar-refractivity contribution in [1.82, 2.24) is 20.8 Å². The third-order valence-corrected chi connectivity index (χ3v) is 4.87. The highest BCUT2D eigenvalue weighted by Gasteiger charge is 2.25. The topological polar surface area (TPSA) is 69.8 Å². The van der Waals surface area contributed by atoms with Crippen LogP contribution in [0.3, 0.4) is 0 Å². The van der Waals surface area contributed by atoms with Gasteiger partial charge in [-0.1, -0.05) is 41.9 Å². The van der Waals surface area contributed by atoms with Crippen LogP contribution in [0, 0.1) is 0 Å². The maximum Gasteiger partial charge on any atom is 0.272 e.